The highest BCUT2D eigenvalue weighted by Crippen LogP contribution is 2.32. The topological polar surface area (TPSA) is 15.3 Å². The summed E-state index contributed by atoms with van der Waals surface area (Å²) < 4.78 is 0. The largest absolute Gasteiger partial charge is 0.316 e. The van der Waals surface area contributed by atoms with Crippen LogP contribution in [0.4, 0.5) is 0 Å². The Kier molecular flexibility index (Phi) is 3.74. The highest BCUT2D eigenvalue weighted by atomic mass is 32.2. The number of likely N-dealkylation sites (tertiary alicyclic amines) is 1. The Bertz CT molecular complexity index is 186. The van der Waals surface area contributed by atoms with E-state index in [1.54, 1.807) is 0 Å². The third-order valence-electron chi connectivity index (χ3n) is 3.78. The van der Waals surface area contributed by atoms with Crippen LogP contribution < -0.4 is 5.32 Å². The number of nitrogens with zero attached hydrogens (tertiary/aromatic N) is 1. The summed E-state index contributed by atoms with van der Waals surface area (Å²) in [6.07, 6.45) is 0. The van der Waals surface area contributed by atoms with Gasteiger partial charge in [-0.1, -0.05) is 6.92 Å². The van der Waals surface area contributed by atoms with Crippen molar-refractivity contribution in [2.24, 2.45) is 11.8 Å². The molecular weight excluding hydrogens is 192 g/mol. The first-order chi connectivity index (χ1) is 6.83. The van der Waals surface area contributed by atoms with Crippen molar-refractivity contribution in [3.05, 3.63) is 0 Å². The van der Waals surface area contributed by atoms with Crippen LogP contribution in [0.25, 0.3) is 0 Å². The number of hydrogen-bond acceptors (Lipinski definition) is 3. The second kappa shape index (κ2) is 4.86. The van der Waals surface area contributed by atoms with E-state index in [1.807, 2.05) is 0 Å². The lowest BCUT2D eigenvalue weighted by atomic mass is 9.95. The average molecular weight is 214 g/mol. The van der Waals surface area contributed by atoms with Crippen LogP contribution in [0.1, 0.15) is 13.8 Å². The summed E-state index contributed by atoms with van der Waals surface area (Å²) >= 11 is 2.07. The summed E-state index contributed by atoms with van der Waals surface area (Å²) in [6.45, 7) is 9.80. The van der Waals surface area contributed by atoms with E-state index in [-0.39, 0.29) is 0 Å². The van der Waals surface area contributed by atoms with E-state index < -0.39 is 0 Å². The molecule has 0 radical (unpaired) electrons. The molecule has 0 aromatic heterocycles. The van der Waals surface area contributed by atoms with E-state index in [4.69, 9.17) is 0 Å². The van der Waals surface area contributed by atoms with Gasteiger partial charge in [0.05, 0.1) is 0 Å². The third kappa shape index (κ3) is 2.10. The molecule has 3 heteroatoms. The van der Waals surface area contributed by atoms with Crippen molar-refractivity contribution in [3.63, 3.8) is 0 Å². The van der Waals surface area contributed by atoms with E-state index in [1.165, 1.54) is 37.7 Å². The molecule has 14 heavy (non-hydrogen) atoms. The molecule has 2 heterocycles. The molecule has 2 saturated heterocycles. The highest BCUT2D eigenvalue weighted by Gasteiger charge is 2.41. The van der Waals surface area contributed by atoms with Crippen molar-refractivity contribution in [3.8, 4) is 0 Å². The van der Waals surface area contributed by atoms with Gasteiger partial charge >= 0.3 is 0 Å². The second-order valence-electron chi connectivity index (χ2n) is 4.51. The van der Waals surface area contributed by atoms with E-state index in [0.29, 0.717) is 0 Å². The van der Waals surface area contributed by atoms with Gasteiger partial charge in [0.25, 0.3) is 0 Å². The predicted octanol–water partition coefficient (Wildman–Crippen LogP) is 1.28. The molecule has 0 aromatic carbocycles. The minimum Gasteiger partial charge on any atom is -0.316 e. The fourth-order valence-electron chi connectivity index (χ4n) is 2.88. The fraction of sp³-hybridized carbons (Fsp3) is 1.00. The smallest absolute Gasteiger partial charge is 0.0111 e. The molecule has 2 aliphatic rings. The fourth-order valence-corrected chi connectivity index (χ4v) is 3.53. The minimum absolute atomic E-state index is 0.812. The number of rotatable bonds is 4. The molecule has 0 amide bonds. The summed E-state index contributed by atoms with van der Waals surface area (Å²) in [5, 5.41) is 3.51. The number of fused-ring (bicyclic) bond motifs is 1. The summed E-state index contributed by atoms with van der Waals surface area (Å²) in [5.41, 5.74) is 0. The Balaban J connectivity index is 1.78. The zero-order chi connectivity index (χ0) is 9.97. The predicted molar refractivity (Wildman–Crippen MR) is 63.9 cm³/mol. The first-order valence-corrected chi connectivity index (χ1v) is 7.01. The quantitative estimate of drug-likeness (QED) is 0.710. The van der Waals surface area contributed by atoms with Gasteiger partial charge in [-0.2, -0.15) is 11.8 Å². The van der Waals surface area contributed by atoms with Crippen molar-refractivity contribution in [1.29, 1.82) is 0 Å². The van der Waals surface area contributed by atoms with Gasteiger partial charge in [0, 0.05) is 24.9 Å². The molecule has 2 fully saturated rings. The van der Waals surface area contributed by atoms with Crippen LogP contribution in [0.15, 0.2) is 0 Å². The van der Waals surface area contributed by atoms with Gasteiger partial charge in [-0.25, -0.2) is 0 Å². The van der Waals surface area contributed by atoms with E-state index in [9.17, 15) is 0 Å². The van der Waals surface area contributed by atoms with Crippen molar-refractivity contribution < 1.29 is 0 Å². The lowest BCUT2D eigenvalue weighted by Crippen LogP contribution is -2.34. The molecule has 2 nitrogen and oxygen atoms in total. The number of nitrogens with one attached hydrogen (secondary N) is 1. The van der Waals surface area contributed by atoms with Crippen molar-refractivity contribution >= 4 is 11.8 Å². The van der Waals surface area contributed by atoms with Crippen LogP contribution in [-0.4, -0.2) is 48.6 Å². The first-order valence-electron chi connectivity index (χ1n) is 5.85. The van der Waals surface area contributed by atoms with Crippen LogP contribution in [0.3, 0.4) is 0 Å². The summed E-state index contributed by atoms with van der Waals surface area (Å²) in [7, 11) is 0. The second-order valence-corrected chi connectivity index (χ2v) is 5.91. The van der Waals surface area contributed by atoms with Crippen LogP contribution in [0.5, 0.6) is 0 Å². The Hall–Kier alpha value is 0.270. The van der Waals surface area contributed by atoms with Gasteiger partial charge < -0.3 is 5.32 Å². The van der Waals surface area contributed by atoms with Gasteiger partial charge in [-0.05, 0) is 37.6 Å². The molecule has 3 atom stereocenters. The van der Waals surface area contributed by atoms with Gasteiger partial charge in [-0.3, -0.25) is 4.90 Å². The SMILES string of the molecule is CCSCCN1CC2CNCC2C1C. The summed E-state index contributed by atoms with van der Waals surface area (Å²) in [5.74, 6) is 4.45. The summed E-state index contributed by atoms with van der Waals surface area (Å²) in [4.78, 5) is 2.69. The molecular formula is C11H22N2S. The molecule has 2 aliphatic heterocycles. The van der Waals surface area contributed by atoms with Crippen molar-refractivity contribution in [2.75, 3.05) is 37.7 Å². The normalized spacial score (nSPS) is 37.7. The Labute approximate surface area is 91.8 Å². The molecule has 3 unspecified atom stereocenters. The summed E-state index contributed by atoms with van der Waals surface area (Å²) in [6, 6.07) is 0.812. The molecule has 2 rings (SSSR count). The van der Waals surface area contributed by atoms with Gasteiger partial charge in [0.2, 0.25) is 0 Å². The standard InChI is InChI=1S/C11H22N2S/c1-3-14-5-4-13-8-10-6-12-7-11(10)9(13)2/h9-12H,3-8H2,1-2H3. The maximum Gasteiger partial charge on any atom is 0.0111 e. The van der Waals surface area contributed by atoms with Gasteiger partial charge in [0.15, 0.2) is 0 Å². The maximum absolute atomic E-state index is 3.51. The highest BCUT2D eigenvalue weighted by molar-refractivity contribution is 7.99. The minimum atomic E-state index is 0.812. The maximum atomic E-state index is 3.51. The Morgan fingerprint density at radius 1 is 1.43 bits per heavy atom. The lowest BCUT2D eigenvalue weighted by Gasteiger charge is -2.23. The zero-order valence-corrected chi connectivity index (χ0v) is 10.1. The van der Waals surface area contributed by atoms with Crippen LogP contribution in [0, 0.1) is 11.8 Å². The first kappa shape index (κ1) is 10.8. The average Bonchev–Trinajstić information content (AvgIpc) is 2.72. The molecule has 82 valence electrons. The van der Waals surface area contributed by atoms with Crippen LogP contribution in [-0.2, 0) is 0 Å². The Morgan fingerprint density at radius 3 is 3.00 bits per heavy atom. The molecule has 0 bridgehead atoms. The van der Waals surface area contributed by atoms with Crippen LogP contribution >= 0.6 is 11.8 Å². The van der Waals surface area contributed by atoms with Gasteiger partial charge in [0.1, 0.15) is 0 Å². The molecule has 1 N–H and O–H groups in total. The molecule has 0 saturated carbocycles. The van der Waals surface area contributed by atoms with E-state index in [0.717, 1.165) is 17.9 Å². The van der Waals surface area contributed by atoms with E-state index >= 15 is 0 Å². The van der Waals surface area contributed by atoms with Crippen LogP contribution in [0.2, 0.25) is 0 Å². The van der Waals surface area contributed by atoms with Crippen molar-refractivity contribution in [1.82, 2.24) is 10.2 Å². The zero-order valence-electron chi connectivity index (χ0n) is 9.33. The van der Waals surface area contributed by atoms with E-state index in [2.05, 4.69) is 35.8 Å². The monoisotopic (exact) mass is 214 g/mol. The lowest BCUT2D eigenvalue weighted by molar-refractivity contribution is 0.254. The molecule has 0 aliphatic carbocycles. The number of thioether (sulfide) groups is 1. The Morgan fingerprint density at radius 2 is 2.29 bits per heavy atom. The molecule has 0 spiro atoms. The van der Waals surface area contributed by atoms with Crippen molar-refractivity contribution in [2.45, 2.75) is 19.9 Å². The third-order valence-corrected chi connectivity index (χ3v) is 4.66. The van der Waals surface area contributed by atoms with Gasteiger partial charge in [-0.15, -0.1) is 0 Å². The number of hydrogen-bond donors (Lipinski definition) is 1. The molecule has 0 aromatic rings.